The normalized spacial score (nSPS) is 17.8. The van der Waals surface area contributed by atoms with Gasteiger partial charge >= 0.3 is 19.8 Å². The van der Waals surface area contributed by atoms with Gasteiger partial charge in [0.1, 0.15) is 6.61 Å². The van der Waals surface area contributed by atoms with Gasteiger partial charge in [0.25, 0.3) is 0 Å². The van der Waals surface area contributed by atoms with Crippen molar-refractivity contribution < 1.29 is 42.3 Å². The van der Waals surface area contributed by atoms with Gasteiger partial charge in [0, 0.05) is 19.4 Å². The first kappa shape index (κ1) is 48.0. The Morgan fingerprint density at radius 3 is 1.83 bits per heavy atom. The Morgan fingerprint density at radius 1 is 0.692 bits per heavy atom. The van der Waals surface area contributed by atoms with Crippen LogP contribution in [-0.2, 0) is 37.4 Å². The Hall–Kier alpha value is -2.07. The molecule has 0 aromatic rings. The van der Waals surface area contributed by atoms with E-state index in [9.17, 15) is 19.0 Å². The minimum atomic E-state index is -4.39. The lowest BCUT2D eigenvalue weighted by atomic mass is 10.0. The maximum Gasteiger partial charge on any atom is 0.472 e. The largest absolute Gasteiger partial charge is 0.472 e. The molecule has 1 fully saturated rings. The molecule has 0 saturated carbocycles. The van der Waals surface area contributed by atoms with Crippen molar-refractivity contribution in [2.45, 2.75) is 173 Å². The average molecular weight is 754 g/mol. The first-order valence-electron chi connectivity index (χ1n) is 20.2. The number of ether oxygens (including phenoxy) is 3. The smallest absolute Gasteiger partial charge is 0.462 e. The van der Waals surface area contributed by atoms with Gasteiger partial charge in [0.05, 0.1) is 25.4 Å². The van der Waals surface area contributed by atoms with Crippen LogP contribution in [0.2, 0.25) is 0 Å². The van der Waals surface area contributed by atoms with Gasteiger partial charge in [-0.05, 0) is 51.4 Å². The summed E-state index contributed by atoms with van der Waals surface area (Å²) in [5.74, 6) is -0.906. The molecule has 0 spiro atoms. The number of nitrogens with two attached hydrogens (primary N) is 1. The van der Waals surface area contributed by atoms with Crippen LogP contribution in [0, 0.1) is 0 Å². The molecule has 0 radical (unpaired) electrons. The monoisotopic (exact) mass is 753 g/mol. The van der Waals surface area contributed by atoms with Crippen molar-refractivity contribution >= 4 is 19.8 Å². The summed E-state index contributed by atoms with van der Waals surface area (Å²) in [7, 11) is -4.39. The molecule has 10 nitrogen and oxygen atoms in total. The zero-order valence-corrected chi connectivity index (χ0v) is 33.4. The van der Waals surface area contributed by atoms with Crippen LogP contribution in [0.1, 0.15) is 155 Å². The highest BCUT2D eigenvalue weighted by Crippen LogP contribution is 2.43. The highest BCUT2D eigenvalue weighted by molar-refractivity contribution is 7.47. The number of phosphoric acid groups is 1. The summed E-state index contributed by atoms with van der Waals surface area (Å²) in [5, 5.41) is 0. The molecule has 1 saturated heterocycles. The van der Waals surface area contributed by atoms with Crippen LogP contribution in [-0.4, -0.2) is 61.5 Å². The van der Waals surface area contributed by atoms with E-state index in [1.807, 2.05) is 6.08 Å². The maximum atomic E-state index is 12.6. The Labute approximate surface area is 315 Å². The lowest BCUT2D eigenvalue weighted by molar-refractivity contribution is -0.161. The minimum Gasteiger partial charge on any atom is -0.462 e. The zero-order valence-electron chi connectivity index (χ0n) is 32.5. The first-order valence-corrected chi connectivity index (χ1v) is 21.7. The third-order valence-corrected chi connectivity index (χ3v) is 9.62. The zero-order chi connectivity index (χ0) is 38.0. The van der Waals surface area contributed by atoms with E-state index in [4.69, 9.17) is 29.0 Å². The molecule has 11 heteroatoms. The fourth-order valence-electron chi connectivity index (χ4n) is 5.53. The van der Waals surface area contributed by atoms with E-state index in [1.54, 1.807) is 0 Å². The fourth-order valence-corrected chi connectivity index (χ4v) is 6.30. The number of carbonyl (C=O) groups is 2. The van der Waals surface area contributed by atoms with Gasteiger partial charge < -0.3 is 24.8 Å². The molecule has 1 aliphatic rings. The minimum absolute atomic E-state index is 0.0407. The van der Waals surface area contributed by atoms with Crippen molar-refractivity contribution in [3.63, 3.8) is 0 Å². The van der Waals surface area contributed by atoms with Crippen molar-refractivity contribution in [1.29, 1.82) is 0 Å². The van der Waals surface area contributed by atoms with Crippen molar-refractivity contribution in [3.05, 3.63) is 48.6 Å². The summed E-state index contributed by atoms with van der Waals surface area (Å²) in [5.41, 5.74) is 5.34. The summed E-state index contributed by atoms with van der Waals surface area (Å²) in [6.07, 6.45) is 38.9. The van der Waals surface area contributed by atoms with Gasteiger partial charge in [-0.15, -0.1) is 0 Å². The molecule has 0 amide bonds. The van der Waals surface area contributed by atoms with Gasteiger partial charge in [-0.1, -0.05) is 140 Å². The van der Waals surface area contributed by atoms with E-state index < -0.39 is 32.5 Å². The van der Waals surface area contributed by atoms with Crippen LogP contribution < -0.4 is 5.73 Å². The third-order valence-electron chi connectivity index (χ3n) is 8.63. The van der Waals surface area contributed by atoms with E-state index in [-0.39, 0.29) is 44.8 Å². The molecule has 0 bridgehead atoms. The van der Waals surface area contributed by atoms with Crippen molar-refractivity contribution in [2.24, 2.45) is 5.73 Å². The molecule has 52 heavy (non-hydrogen) atoms. The van der Waals surface area contributed by atoms with Crippen molar-refractivity contribution in [2.75, 3.05) is 26.4 Å². The number of hydrogen-bond acceptors (Lipinski definition) is 9. The summed E-state index contributed by atoms with van der Waals surface area (Å²) in [6.45, 7) is 3.52. The topological polar surface area (TPSA) is 147 Å². The number of unbranched alkanes of at least 4 members (excludes halogenated alkanes) is 13. The quantitative estimate of drug-likeness (QED) is 0.0208. The van der Waals surface area contributed by atoms with Crippen LogP contribution in [0.4, 0.5) is 0 Å². The van der Waals surface area contributed by atoms with Crippen molar-refractivity contribution in [3.8, 4) is 0 Å². The maximum absolute atomic E-state index is 12.6. The van der Waals surface area contributed by atoms with Gasteiger partial charge in [0.2, 0.25) is 0 Å². The number of allylic oxidation sites excluding steroid dienone is 6. The average Bonchev–Trinajstić information content (AvgIpc) is 3.89. The fraction of sp³-hybridized carbons (Fsp3) is 0.756. The number of rotatable bonds is 36. The number of hydrogen-bond donors (Lipinski definition) is 2. The van der Waals surface area contributed by atoms with Crippen LogP contribution in [0.15, 0.2) is 48.6 Å². The third kappa shape index (κ3) is 30.4. The van der Waals surface area contributed by atoms with E-state index in [1.165, 1.54) is 64.2 Å². The summed E-state index contributed by atoms with van der Waals surface area (Å²) >= 11 is 0. The molecule has 4 atom stereocenters. The second-order valence-electron chi connectivity index (χ2n) is 13.5. The van der Waals surface area contributed by atoms with E-state index in [2.05, 4.69) is 56.4 Å². The second kappa shape index (κ2) is 33.5. The Balaban J connectivity index is 2.26. The summed E-state index contributed by atoms with van der Waals surface area (Å²) in [6, 6.07) is 0. The molecule has 0 aromatic carbocycles. The first-order chi connectivity index (χ1) is 25.3. The van der Waals surface area contributed by atoms with E-state index in [0.29, 0.717) is 12.8 Å². The predicted molar refractivity (Wildman–Crippen MR) is 210 cm³/mol. The summed E-state index contributed by atoms with van der Waals surface area (Å²) < 4.78 is 38.4. The standard InChI is InChI=1S/C41H72NO9P/c1-3-5-7-9-11-13-14-15-16-18-20-22-27-31-40(43)47-35-37(36-49-52(45,46)48-34-33-42)50-41(44)32-28-24-23-26-30-39-38(51-39)29-25-21-19-17-12-10-8-6-4-2/h6,8,12,17,21,23,25-26,37-39H,3-5,7,9-11,13-16,18-20,22,24,27-36,42H2,1-2H3,(H,45,46)/b8-6-,17-12-,25-21-,26-23-. The molecular weight excluding hydrogens is 681 g/mol. The van der Waals surface area contributed by atoms with Crippen LogP contribution >= 0.6 is 7.82 Å². The Bertz CT molecular complexity index is 1060. The Kier molecular flexibility index (Phi) is 30.9. The molecule has 300 valence electrons. The summed E-state index contributed by atoms with van der Waals surface area (Å²) in [4.78, 5) is 34.8. The second-order valence-corrected chi connectivity index (χ2v) is 15.0. The number of carbonyl (C=O) groups excluding carboxylic acids is 2. The lowest BCUT2D eigenvalue weighted by Crippen LogP contribution is -2.29. The van der Waals surface area contributed by atoms with Gasteiger partial charge in [-0.3, -0.25) is 18.6 Å². The highest BCUT2D eigenvalue weighted by atomic mass is 31.2. The number of esters is 2. The molecule has 1 heterocycles. The predicted octanol–water partition coefficient (Wildman–Crippen LogP) is 10.1. The van der Waals surface area contributed by atoms with Crippen LogP contribution in [0.25, 0.3) is 0 Å². The number of phosphoric ester groups is 1. The molecule has 0 aliphatic carbocycles. The van der Waals surface area contributed by atoms with Crippen LogP contribution in [0.5, 0.6) is 0 Å². The van der Waals surface area contributed by atoms with E-state index in [0.717, 1.165) is 51.4 Å². The molecule has 0 aromatic heterocycles. The van der Waals surface area contributed by atoms with Gasteiger partial charge in [-0.25, -0.2) is 4.57 Å². The van der Waals surface area contributed by atoms with Crippen molar-refractivity contribution in [1.82, 2.24) is 0 Å². The molecule has 4 unspecified atom stereocenters. The molecule has 3 N–H and O–H groups in total. The van der Waals surface area contributed by atoms with Gasteiger partial charge in [-0.2, -0.15) is 0 Å². The SMILES string of the molecule is CC/C=C\C/C=C\C/C=C\CC1OC1C/C=C\CCCC(=O)OC(COC(=O)CCCCCCCCCCCCCCC)COP(=O)(O)OCCN. The van der Waals surface area contributed by atoms with E-state index >= 15 is 0 Å². The highest BCUT2D eigenvalue weighted by Gasteiger charge is 2.36. The Morgan fingerprint density at radius 2 is 1.23 bits per heavy atom. The molecular formula is C41H72NO9P. The molecule has 1 rings (SSSR count). The number of epoxide rings is 1. The van der Waals surface area contributed by atoms with Crippen LogP contribution in [0.3, 0.4) is 0 Å². The molecule has 1 aliphatic heterocycles. The van der Waals surface area contributed by atoms with Gasteiger partial charge in [0.15, 0.2) is 6.10 Å². The lowest BCUT2D eigenvalue weighted by Gasteiger charge is -2.19.